The van der Waals surface area contributed by atoms with Crippen LogP contribution in [0, 0.1) is 24.7 Å². The Morgan fingerprint density at radius 1 is 0.951 bits per heavy atom. The van der Waals surface area contributed by atoms with E-state index < -0.39 is 5.92 Å². The molecule has 0 atom stereocenters. The van der Waals surface area contributed by atoms with Crippen LogP contribution in [0.4, 0.5) is 5.69 Å². The van der Waals surface area contributed by atoms with Crippen molar-refractivity contribution in [2.45, 2.75) is 73.1 Å². The van der Waals surface area contributed by atoms with Gasteiger partial charge in [0.05, 0.1) is 0 Å². The largest absolute Gasteiger partial charge is 0.483 e. The van der Waals surface area contributed by atoms with Crippen LogP contribution < -0.4 is 10.1 Å². The topological polar surface area (TPSA) is 75.7 Å². The average Bonchev–Trinajstić information content (AvgIpc) is 2.86. The Morgan fingerprint density at radius 3 is 2.12 bits per heavy atom. The number of allylic oxidation sites excluding steroid dienone is 4. The summed E-state index contributed by atoms with van der Waals surface area (Å²) in [6.45, 7) is 12.3. The number of hydrogen-bond acceptors (Lipinski definition) is 5. The zero-order valence-electron chi connectivity index (χ0n) is 25.0. The zero-order chi connectivity index (χ0) is 29.9. The second kappa shape index (κ2) is 10.6. The molecule has 0 aromatic heterocycles. The van der Waals surface area contributed by atoms with Gasteiger partial charge in [0.2, 0.25) is 0 Å². The van der Waals surface area contributed by atoms with Crippen molar-refractivity contribution in [2.24, 2.45) is 10.8 Å². The summed E-state index contributed by atoms with van der Waals surface area (Å²) >= 11 is 3.61. The number of ether oxygens (including phenoxy) is 1. The van der Waals surface area contributed by atoms with Crippen LogP contribution in [0.15, 0.2) is 63.4 Å². The Balaban J connectivity index is 1.57. The standard InChI is InChI=1S/C34H39BrN2O4/c1-19-9-8-10-23(20(19)2)36-29(40)18-41-28-12-11-21(35)13-22(28)30-31-24(14-33(3,4)16-26(31)38)37(7)25-15-34(5,6)17-27(39)32(25)30/h8-13,30H,14-18H2,1-7H3,(H,36,40). The quantitative estimate of drug-likeness (QED) is 0.378. The fourth-order valence-corrected chi connectivity index (χ4v) is 6.95. The number of carbonyl (C=O) groups is 3. The van der Waals surface area contributed by atoms with E-state index in [4.69, 9.17) is 4.74 Å². The number of ketones is 2. The van der Waals surface area contributed by atoms with Gasteiger partial charge in [0, 0.05) is 64.1 Å². The van der Waals surface area contributed by atoms with Gasteiger partial charge >= 0.3 is 0 Å². The molecule has 41 heavy (non-hydrogen) atoms. The summed E-state index contributed by atoms with van der Waals surface area (Å²) in [7, 11) is 2.00. The van der Waals surface area contributed by atoms with Crippen molar-refractivity contribution in [3.8, 4) is 5.75 Å². The molecule has 5 rings (SSSR count). The van der Waals surface area contributed by atoms with E-state index in [-0.39, 0.29) is 34.9 Å². The molecule has 0 bridgehead atoms. The highest BCUT2D eigenvalue weighted by atomic mass is 79.9. The second-order valence-electron chi connectivity index (χ2n) is 13.4. The van der Waals surface area contributed by atoms with Crippen LogP contribution in [-0.4, -0.2) is 36.0 Å². The predicted molar refractivity (Wildman–Crippen MR) is 165 cm³/mol. The maximum atomic E-state index is 13.9. The Morgan fingerprint density at radius 2 is 1.54 bits per heavy atom. The normalized spacial score (nSPS) is 20.1. The average molecular weight is 620 g/mol. The Kier molecular flexibility index (Phi) is 7.56. The summed E-state index contributed by atoms with van der Waals surface area (Å²) < 4.78 is 6.99. The Labute approximate surface area is 251 Å². The van der Waals surface area contributed by atoms with E-state index in [9.17, 15) is 14.4 Å². The lowest BCUT2D eigenvalue weighted by Gasteiger charge is -2.48. The van der Waals surface area contributed by atoms with E-state index in [1.165, 1.54) is 0 Å². The molecule has 6 nitrogen and oxygen atoms in total. The minimum atomic E-state index is -0.544. The molecule has 1 N–H and O–H groups in total. The van der Waals surface area contributed by atoms with E-state index in [1.54, 1.807) is 0 Å². The highest BCUT2D eigenvalue weighted by molar-refractivity contribution is 9.10. The maximum Gasteiger partial charge on any atom is 0.262 e. The number of amides is 1. The first-order chi connectivity index (χ1) is 19.2. The molecule has 7 heteroatoms. The van der Waals surface area contributed by atoms with Gasteiger partial charge < -0.3 is 15.0 Å². The van der Waals surface area contributed by atoms with Crippen molar-refractivity contribution < 1.29 is 19.1 Å². The van der Waals surface area contributed by atoms with Crippen molar-refractivity contribution in [2.75, 3.05) is 19.0 Å². The first kappa shape index (κ1) is 29.3. The van der Waals surface area contributed by atoms with Gasteiger partial charge in [-0.05, 0) is 72.9 Å². The summed E-state index contributed by atoms with van der Waals surface area (Å²) in [5.41, 5.74) is 6.56. The van der Waals surface area contributed by atoms with E-state index in [0.717, 1.165) is 51.1 Å². The molecule has 2 aromatic rings. The van der Waals surface area contributed by atoms with E-state index >= 15 is 0 Å². The first-order valence-corrected chi connectivity index (χ1v) is 15.0. The van der Waals surface area contributed by atoms with E-state index in [1.807, 2.05) is 57.3 Å². The van der Waals surface area contributed by atoms with Crippen LogP contribution in [-0.2, 0) is 14.4 Å². The van der Waals surface area contributed by atoms with Gasteiger partial charge in [0.1, 0.15) is 5.75 Å². The molecule has 0 saturated carbocycles. The molecule has 2 aliphatic carbocycles. The molecule has 2 aromatic carbocycles. The van der Waals surface area contributed by atoms with Gasteiger partial charge in [-0.15, -0.1) is 0 Å². The number of halogens is 1. The predicted octanol–water partition coefficient (Wildman–Crippen LogP) is 7.40. The fourth-order valence-electron chi connectivity index (χ4n) is 6.57. The first-order valence-electron chi connectivity index (χ1n) is 14.2. The number of aryl methyl sites for hydroxylation is 1. The molecular weight excluding hydrogens is 580 g/mol. The third-order valence-electron chi connectivity index (χ3n) is 8.70. The molecule has 1 aliphatic heterocycles. The highest BCUT2D eigenvalue weighted by Crippen LogP contribution is 2.55. The molecule has 0 fully saturated rings. The molecular formula is C34H39BrN2O4. The van der Waals surface area contributed by atoms with Crippen LogP contribution in [0.1, 0.15) is 76.0 Å². The number of nitrogens with one attached hydrogen (secondary N) is 1. The smallest absolute Gasteiger partial charge is 0.262 e. The van der Waals surface area contributed by atoms with Gasteiger partial charge in [0.25, 0.3) is 5.91 Å². The zero-order valence-corrected chi connectivity index (χ0v) is 26.6. The minimum absolute atomic E-state index is 0.0656. The molecule has 0 saturated heterocycles. The lowest BCUT2D eigenvalue weighted by Crippen LogP contribution is -2.43. The number of nitrogens with zero attached hydrogens (tertiary/aromatic N) is 1. The number of benzene rings is 2. The highest BCUT2D eigenvalue weighted by Gasteiger charge is 2.48. The molecule has 0 radical (unpaired) electrons. The van der Waals surface area contributed by atoms with Crippen molar-refractivity contribution >= 4 is 39.1 Å². The number of carbonyl (C=O) groups excluding carboxylic acids is 3. The van der Waals surface area contributed by atoms with Gasteiger partial charge in [0.15, 0.2) is 18.2 Å². The molecule has 0 spiro atoms. The molecule has 3 aliphatic rings. The van der Waals surface area contributed by atoms with Crippen molar-refractivity contribution in [3.05, 3.63) is 80.1 Å². The molecule has 1 amide bonds. The van der Waals surface area contributed by atoms with Crippen molar-refractivity contribution in [1.29, 1.82) is 0 Å². The van der Waals surface area contributed by atoms with Gasteiger partial charge in [-0.1, -0.05) is 55.8 Å². The van der Waals surface area contributed by atoms with Gasteiger partial charge in [-0.3, -0.25) is 14.4 Å². The number of Topliss-reactive ketones (excluding diaryl/α,β-unsaturated/α-hetero) is 2. The lowest BCUT2D eigenvalue weighted by molar-refractivity contribution is -0.120. The third kappa shape index (κ3) is 5.66. The van der Waals surface area contributed by atoms with Crippen LogP contribution >= 0.6 is 15.9 Å². The summed E-state index contributed by atoms with van der Waals surface area (Å²) in [5, 5.41) is 2.95. The maximum absolute atomic E-state index is 13.9. The number of anilines is 1. The molecule has 0 unspecified atom stereocenters. The fraction of sp³-hybridized carbons (Fsp3) is 0.441. The Hall–Kier alpha value is -3.19. The lowest BCUT2D eigenvalue weighted by atomic mass is 9.63. The van der Waals surface area contributed by atoms with E-state index in [0.29, 0.717) is 29.7 Å². The van der Waals surface area contributed by atoms with Crippen molar-refractivity contribution in [1.82, 2.24) is 4.90 Å². The van der Waals surface area contributed by atoms with Gasteiger partial charge in [-0.25, -0.2) is 0 Å². The summed E-state index contributed by atoms with van der Waals surface area (Å²) in [5.74, 6) is -0.195. The van der Waals surface area contributed by atoms with Crippen LogP contribution in [0.5, 0.6) is 5.75 Å². The number of rotatable bonds is 5. The van der Waals surface area contributed by atoms with E-state index in [2.05, 4.69) is 53.8 Å². The second-order valence-corrected chi connectivity index (χ2v) is 14.3. The summed E-state index contributed by atoms with van der Waals surface area (Å²) in [4.78, 5) is 42.8. The molecule has 1 heterocycles. The third-order valence-corrected chi connectivity index (χ3v) is 9.19. The minimum Gasteiger partial charge on any atom is -0.483 e. The Bertz CT molecular complexity index is 1480. The van der Waals surface area contributed by atoms with Gasteiger partial charge in [-0.2, -0.15) is 0 Å². The monoisotopic (exact) mass is 618 g/mol. The van der Waals surface area contributed by atoms with Crippen LogP contribution in [0.3, 0.4) is 0 Å². The molecule has 216 valence electrons. The number of hydrogen-bond donors (Lipinski definition) is 1. The van der Waals surface area contributed by atoms with Crippen LogP contribution in [0.2, 0.25) is 0 Å². The summed E-state index contributed by atoms with van der Waals surface area (Å²) in [6, 6.07) is 11.4. The SMILES string of the molecule is Cc1cccc(NC(=O)COc2ccc(Br)cc2C2C3=C(CC(C)(C)CC3=O)N(C)C3=C2C(=O)CC(C)(C)C3)c1C. The van der Waals surface area contributed by atoms with Crippen LogP contribution in [0.25, 0.3) is 0 Å². The van der Waals surface area contributed by atoms with Crippen molar-refractivity contribution in [3.63, 3.8) is 0 Å². The summed E-state index contributed by atoms with van der Waals surface area (Å²) in [6.07, 6.45) is 2.33.